The third kappa shape index (κ3) is 3.46. The maximum absolute atomic E-state index is 12.6. The van der Waals surface area contributed by atoms with Gasteiger partial charge < -0.3 is 9.64 Å². The predicted molar refractivity (Wildman–Crippen MR) is 105 cm³/mol. The van der Waals surface area contributed by atoms with E-state index in [9.17, 15) is 4.79 Å². The molecular weight excluding hydrogens is 356 g/mol. The fraction of sp³-hybridized carbons (Fsp3) is 0.500. The molecule has 4 heterocycles. The Morgan fingerprint density at radius 2 is 1.93 bits per heavy atom. The van der Waals surface area contributed by atoms with Gasteiger partial charge in [0.15, 0.2) is 11.3 Å². The Hall–Kier alpha value is -2.90. The largest absolute Gasteiger partial charge is 0.476 e. The summed E-state index contributed by atoms with van der Waals surface area (Å²) in [6.07, 6.45) is 1.84. The first-order valence-electron chi connectivity index (χ1n) is 9.68. The molecule has 0 spiro atoms. The quantitative estimate of drug-likeness (QED) is 0.692. The van der Waals surface area contributed by atoms with Gasteiger partial charge in [0.2, 0.25) is 5.88 Å². The predicted octanol–water partition coefficient (Wildman–Crippen LogP) is 2.32. The van der Waals surface area contributed by atoms with Crippen molar-refractivity contribution in [2.75, 3.05) is 19.7 Å². The Labute approximate surface area is 164 Å². The minimum absolute atomic E-state index is 0.0149. The highest BCUT2D eigenvalue weighted by atomic mass is 16.5. The molecule has 148 valence electrons. The van der Waals surface area contributed by atoms with E-state index in [-0.39, 0.29) is 5.91 Å². The molecule has 0 N–H and O–H groups in total. The van der Waals surface area contributed by atoms with E-state index in [2.05, 4.69) is 15.2 Å². The molecule has 0 unspecified atom stereocenters. The molecule has 3 aromatic heterocycles. The van der Waals surface area contributed by atoms with Gasteiger partial charge in [-0.25, -0.2) is 9.50 Å². The van der Waals surface area contributed by atoms with Crippen LogP contribution < -0.4 is 4.74 Å². The molecule has 8 nitrogen and oxygen atoms in total. The van der Waals surface area contributed by atoms with Crippen molar-refractivity contribution in [3.05, 3.63) is 41.0 Å². The smallest absolute Gasteiger partial charge is 0.274 e. The lowest BCUT2D eigenvalue weighted by molar-refractivity contribution is 0.0652. The van der Waals surface area contributed by atoms with Crippen LogP contribution in [0.1, 0.15) is 40.4 Å². The van der Waals surface area contributed by atoms with Crippen LogP contribution in [0.2, 0.25) is 0 Å². The van der Waals surface area contributed by atoms with Crippen LogP contribution in [0, 0.1) is 26.7 Å². The fourth-order valence-corrected chi connectivity index (χ4v) is 3.55. The highest BCUT2D eigenvalue weighted by Gasteiger charge is 2.25. The second-order valence-electron chi connectivity index (χ2n) is 7.57. The molecule has 0 aliphatic carbocycles. The van der Waals surface area contributed by atoms with E-state index < -0.39 is 0 Å². The van der Waals surface area contributed by atoms with Gasteiger partial charge in [-0.15, -0.1) is 5.10 Å². The first-order valence-corrected chi connectivity index (χ1v) is 9.68. The number of aromatic nitrogens is 5. The third-order valence-electron chi connectivity index (χ3n) is 5.62. The summed E-state index contributed by atoms with van der Waals surface area (Å²) in [6, 6.07) is 5.64. The van der Waals surface area contributed by atoms with Crippen LogP contribution in [0.5, 0.6) is 5.88 Å². The standard InChI is InChI=1S/C20H26N6O2/c1-13-11-17(22-24(13)4)20(27)25-9-7-16(8-10-25)12-28-19-6-5-18-21-14(2)15(3)26(18)23-19/h5-6,11,16H,7-10,12H2,1-4H3. The van der Waals surface area contributed by atoms with Gasteiger partial charge in [0.1, 0.15) is 0 Å². The summed E-state index contributed by atoms with van der Waals surface area (Å²) in [5.41, 5.74) is 4.35. The van der Waals surface area contributed by atoms with E-state index in [1.165, 1.54) is 0 Å². The SMILES string of the molecule is Cc1nc2ccc(OCC3CCN(C(=O)c4cc(C)n(C)n4)CC3)nn2c1C. The number of ether oxygens (including phenoxy) is 1. The minimum Gasteiger partial charge on any atom is -0.476 e. The van der Waals surface area contributed by atoms with Crippen LogP contribution in [0.25, 0.3) is 5.65 Å². The number of piperidine rings is 1. The summed E-state index contributed by atoms with van der Waals surface area (Å²) < 4.78 is 9.50. The molecule has 0 bridgehead atoms. The zero-order valence-corrected chi connectivity index (χ0v) is 16.8. The summed E-state index contributed by atoms with van der Waals surface area (Å²) in [6.45, 7) is 8.00. The number of carbonyl (C=O) groups is 1. The first-order chi connectivity index (χ1) is 13.4. The van der Waals surface area contributed by atoms with Crippen molar-refractivity contribution in [1.29, 1.82) is 0 Å². The summed E-state index contributed by atoms with van der Waals surface area (Å²) in [5.74, 6) is 1.04. The number of nitrogens with zero attached hydrogens (tertiary/aromatic N) is 6. The molecular formula is C20H26N6O2. The van der Waals surface area contributed by atoms with Crippen molar-refractivity contribution in [3.63, 3.8) is 0 Å². The summed E-state index contributed by atoms with van der Waals surface area (Å²) >= 11 is 0. The van der Waals surface area contributed by atoms with Crippen molar-refractivity contribution >= 4 is 11.6 Å². The van der Waals surface area contributed by atoms with E-state index in [4.69, 9.17) is 4.74 Å². The van der Waals surface area contributed by atoms with Crippen molar-refractivity contribution < 1.29 is 9.53 Å². The fourth-order valence-electron chi connectivity index (χ4n) is 3.55. The van der Waals surface area contributed by atoms with Gasteiger partial charge in [-0.05, 0) is 51.7 Å². The van der Waals surface area contributed by atoms with Crippen LogP contribution in [0.4, 0.5) is 0 Å². The second kappa shape index (κ2) is 7.26. The topological polar surface area (TPSA) is 77.5 Å². The number of likely N-dealkylation sites (tertiary alicyclic amines) is 1. The zero-order chi connectivity index (χ0) is 19.8. The monoisotopic (exact) mass is 382 g/mol. The van der Waals surface area contributed by atoms with Gasteiger partial charge in [-0.2, -0.15) is 5.10 Å². The third-order valence-corrected chi connectivity index (χ3v) is 5.62. The number of hydrogen-bond acceptors (Lipinski definition) is 5. The Morgan fingerprint density at radius 1 is 1.18 bits per heavy atom. The van der Waals surface area contributed by atoms with Gasteiger partial charge >= 0.3 is 0 Å². The lowest BCUT2D eigenvalue weighted by Crippen LogP contribution is -2.40. The van der Waals surface area contributed by atoms with E-state index in [0.29, 0.717) is 24.1 Å². The second-order valence-corrected chi connectivity index (χ2v) is 7.57. The Kier molecular flexibility index (Phi) is 4.78. The lowest BCUT2D eigenvalue weighted by Gasteiger charge is -2.31. The van der Waals surface area contributed by atoms with E-state index in [1.54, 1.807) is 4.68 Å². The minimum atomic E-state index is 0.0149. The average Bonchev–Trinajstić information content (AvgIpc) is 3.18. The maximum atomic E-state index is 12.6. The Bertz CT molecular complexity index is 994. The number of amides is 1. The number of hydrogen-bond donors (Lipinski definition) is 0. The van der Waals surface area contributed by atoms with Crippen LogP contribution >= 0.6 is 0 Å². The average molecular weight is 382 g/mol. The number of rotatable bonds is 4. The molecule has 8 heteroatoms. The van der Waals surface area contributed by atoms with Crippen molar-refractivity contribution in [2.45, 2.75) is 33.6 Å². The van der Waals surface area contributed by atoms with Crippen LogP contribution in [0.15, 0.2) is 18.2 Å². The molecule has 1 aliphatic rings. The molecule has 28 heavy (non-hydrogen) atoms. The lowest BCUT2D eigenvalue weighted by atomic mass is 9.97. The highest BCUT2D eigenvalue weighted by Crippen LogP contribution is 2.21. The molecule has 0 atom stereocenters. The molecule has 0 aromatic carbocycles. The van der Waals surface area contributed by atoms with Crippen molar-refractivity contribution in [2.24, 2.45) is 13.0 Å². The van der Waals surface area contributed by atoms with Crippen molar-refractivity contribution in [3.8, 4) is 5.88 Å². The Morgan fingerprint density at radius 3 is 2.61 bits per heavy atom. The molecule has 1 aliphatic heterocycles. The summed E-state index contributed by atoms with van der Waals surface area (Å²) in [5, 5.41) is 8.83. The van der Waals surface area contributed by atoms with Gasteiger partial charge in [0, 0.05) is 31.9 Å². The summed E-state index contributed by atoms with van der Waals surface area (Å²) in [7, 11) is 1.85. The van der Waals surface area contributed by atoms with E-state index in [1.807, 2.05) is 55.4 Å². The molecule has 1 amide bonds. The molecule has 4 rings (SSSR count). The molecule has 1 fully saturated rings. The van der Waals surface area contributed by atoms with Crippen LogP contribution in [-0.2, 0) is 7.05 Å². The zero-order valence-electron chi connectivity index (χ0n) is 16.8. The van der Waals surface area contributed by atoms with Crippen molar-refractivity contribution in [1.82, 2.24) is 29.3 Å². The molecule has 0 saturated carbocycles. The van der Waals surface area contributed by atoms with Crippen LogP contribution in [0.3, 0.4) is 0 Å². The maximum Gasteiger partial charge on any atom is 0.274 e. The molecule has 0 radical (unpaired) electrons. The number of fused-ring (bicyclic) bond motifs is 1. The van der Waals surface area contributed by atoms with Gasteiger partial charge in [-0.1, -0.05) is 0 Å². The number of aryl methyl sites for hydroxylation is 4. The van der Waals surface area contributed by atoms with Gasteiger partial charge in [0.25, 0.3) is 5.91 Å². The van der Waals surface area contributed by atoms with E-state index >= 15 is 0 Å². The van der Waals surface area contributed by atoms with Gasteiger partial charge in [0.05, 0.1) is 18.0 Å². The number of carbonyl (C=O) groups excluding carboxylic acids is 1. The van der Waals surface area contributed by atoms with Gasteiger partial charge in [-0.3, -0.25) is 9.48 Å². The molecule has 1 saturated heterocycles. The highest BCUT2D eigenvalue weighted by molar-refractivity contribution is 5.92. The van der Waals surface area contributed by atoms with E-state index in [0.717, 1.165) is 48.7 Å². The molecule has 3 aromatic rings. The summed E-state index contributed by atoms with van der Waals surface area (Å²) in [4.78, 5) is 19.0. The Balaban J connectivity index is 1.32. The normalized spacial score (nSPS) is 15.4. The number of imidazole rings is 1. The first kappa shape index (κ1) is 18.5. The van der Waals surface area contributed by atoms with Crippen LogP contribution in [-0.4, -0.2) is 54.9 Å².